The summed E-state index contributed by atoms with van der Waals surface area (Å²) < 4.78 is 28.7. The summed E-state index contributed by atoms with van der Waals surface area (Å²) in [5.74, 6) is -2.03. The standard InChI is InChI=1S/C18H15ClF2N2O/c1-9(2)13-8-23(16-10(3)4-5-22-17(16)19)18(24)12-7-15(21)14(20)6-11(12)13/h4-9H,1-3H3. The van der Waals surface area contributed by atoms with Gasteiger partial charge in [0.1, 0.15) is 0 Å². The summed E-state index contributed by atoms with van der Waals surface area (Å²) in [6, 6.07) is 3.75. The van der Waals surface area contributed by atoms with E-state index in [1.807, 2.05) is 13.8 Å². The highest BCUT2D eigenvalue weighted by Gasteiger charge is 2.18. The fourth-order valence-corrected chi connectivity index (χ4v) is 3.09. The molecule has 0 bridgehead atoms. The van der Waals surface area contributed by atoms with Crippen LogP contribution in [-0.4, -0.2) is 9.55 Å². The minimum absolute atomic E-state index is 0.0000331. The Morgan fingerprint density at radius 2 is 1.79 bits per heavy atom. The van der Waals surface area contributed by atoms with Gasteiger partial charge in [0.25, 0.3) is 5.56 Å². The van der Waals surface area contributed by atoms with Crippen molar-refractivity contribution < 1.29 is 8.78 Å². The summed E-state index contributed by atoms with van der Waals surface area (Å²) in [5, 5.41) is 0.691. The van der Waals surface area contributed by atoms with E-state index in [-0.39, 0.29) is 16.5 Å². The van der Waals surface area contributed by atoms with E-state index >= 15 is 0 Å². The summed E-state index contributed by atoms with van der Waals surface area (Å²) in [7, 11) is 0. The van der Waals surface area contributed by atoms with Gasteiger partial charge in [-0.1, -0.05) is 25.4 Å². The number of halogens is 3. The summed E-state index contributed by atoms with van der Waals surface area (Å²) in [5.41, 5.74) is 1.46. The van der Waals surface area contributed by atoms with Gasteiger partial charge in [-0.15, -0.1) is 0 Å². The van der Waals surface area contributed by atoms with Crippen molar-refractivity contribution in [3.05, 3.63) is 68.9 Å². The minimum atomic E-state index is -1.05. The Hall–Kier alpha value is -2.27. The molecule has 24 heavy (non-hydrogen) atoms. The molecule has 3 nitrogen and oxygen atoms in total. The maximum Gasteiger partial charge on any atom is 0.263 e. The van der Waals surface area contributed by atoms with Gasteiger partial charge in [0.2, 0.25) is 0 Å². The van der Waals surface area contributed by atoms with E-state index in [0.717, 1.165) is 23.3 Å². The zero-order valence-corrected chi connectivity index (χ0v) is 14.2. The molecule has 2 heterocycles. The van der Waals surface area contributed by atoms with Crippen LogP contribution in [-0.2, 0) is 0 Å². The average Bonchev–Trinajstić information content (AvgIpc) is 2.51. The molecule has 0 amide bonds. The van der Waals surface area contributed by atoms with Crippen molar-refractivity contribution in [1.82, 2.24) is 9.55 Å². The van der Waals surface area contributed by atoms with Gasteiger partial charge in [-0.05, 0) is 47.6 Å². The molecule has 0 aliphatic carbocycles. The quantitative estimate of drug-likeness (QED) is 0.626. The van der Waals surface area contributed by atoms with E-state index in [1.165, 1.54) is 4.57 Å². The van der Waals surface area contributed by atoms with Gasteiger partial charge in [0, 0.05) is 12.4 Å². The third-order valence-corrected chi connectivity index (χ3v) is 4.31. The van der Waals surface area contributed by atoms with Crippen LogP contribution in [0.3, 0.4) is 0 Å². The number of pyridine rings is 2. The predicted molar refractivity (Wildman–Crippen MR) is 91.1 cm³/mol. The summed E-state index contributed by atoms with van der Waals surface area (Å²) >= 11 is 6.17. The zero-order chi connectivity index (χ0) is 17.6. The van der Waals surface area contributed by atoms with Gasteiger partial charge in [-0.2, -0.15) is 0 Å². The molecular weight excluding hydrogens is 334 g/mol. The topological polar surface area (TPSA) is 34.9 Å². The van der Waals surface area contributed by atoms with Crippen LogP contribution in [0.4, 0.5) is 8.78 Å². The normalized spacial score (nSPS) is 11.5. The Balaban J connectivity index is 2.49. The first-order valence-corrected chi connectivity index (χ1v) is 7.85. The number of aromatic nitrogens is 2. The molecule has 0 aliphatic heterocycles. The van der Waals surface area contributed by atoms with Crippen LogP contribution in [0.1, 0.15) is 30.9 Å². The van der Waals surface area contributed by atoms with Gasteiger partial charge in [0.05, 0.1) is 11.1 Å². The van der Waals surface area contributed by atoms with Crippen LogP contribution < -0.4 is 5.56 Å². The summed E-state index contributed by atoms with van der Waals surface area (Å²) in [6.45, 7) is 5.64. The Morgan fingerprint density at radius 1 is 1.17 bits per heavy atom. The molecular formula is C18H15ClF2N2O. The number of hydrogen-bond acceptors (Lipinski definition) is 2. The first-order chi connectivity index (χ1) is 11.3. The third kappa shape index (κ3) is 2.59. The highest BCUT2D eigenvalue weighted by Crippen LogP contribution is 2.28. The summed E-state index contributed by atoms with van der Waals surface area (Å²) in [6.07, 6.45) is 3.17. The zero-order valence-electron chi connectivity index (χ0n) is 13.4. The van der Waals surface area contributed by atoms with E-state index in [4.69, 9.17) is 11.6 Å². The lowest BCUT2D eigenvalue weighted by Gasteiger charge is -2.17. The van der Waals surface area contributed by atoms with Crippen molar-refractivity contribution in [2.75, 3.05) is 0 Å². The van der Waals surface area contributed by atoms with Crippen LogP contribution in [0.2, 0.25) is 5.15 Å². The van der Waals surface area contributed by atoms with Crippen LogP contribution in [0.15, 0.2) is 35.4 Å². The molecule has 0 saturated heterocycles. The van der Waals surface area contributed by atoms with Crippen molar-refractivity contribution >= 4 is 22.4 Å². The maximum absolute atomic E-state index is 13.7. The summed E-state index contributed by atoms with van der Waals surface area (Å²) in [4.78, 5) is 16.9. The van der Waals surface area contributed by atoms with Crippen LogP contribution >= 0.6 is 11.6 Å². The van der Waals surface area contributed by atoms with E-state index in [0.29, 0.717) is 11.1 Å². The van der Waals surface area contributed by atoms with Gasteiger partial charge >= 0.3 is 0 Å². The van der Waals surface area contributed by atoms with Gasteiger partial charge in [-0.25, -0.2) is 13.8 Å². The Labute approximate surface area is 142 Å². The van der Waals surface area contributed by atoms with Gasteiger partial charge in [0.15, 0.2) is 16.8 Å². The molecule has 0 spiro atoms. The number of rotatable bonds is 2. The molecule has 0 radical (unpaired) electrons. The predicted octanol–water partition coefficient (Wildman–Crippen LogP) is 4.75. The van der Waals surface area contributed by atoms with Crippen molar-refractivity contribution in [3.63, 3.8) is 0 Å². The minimum Gasteiger partial charge on any atom is -0.280 e. The Bertz CT molecular complexity index is 992. The molecule has 0 saturated carbocycles. The fourth-order valence-electron chi connectivity index (χ4n) is 2.79. The first-order valence-electron chi connectivity index (χ1n) is 7.47. The van der Waals surface area contributed by atoms with E-state index in [9.17, 15) is 13.6 Å². The second-order valence-electron chi connectivity index (χ2n) is 5.99. The van der Waals surface area contributed by atoms with Crippen molar-refractivity contribution in [3.8, 4) is 5.69 Å². The van der Waals surface area contributed by atoms with Crippen molar-refractivity contribution in [2.24, 2.45) is 0 Å². The largest absolute Gasteiger partial charge is 0.280 e. The fraction of sp³-hybridized carbons (Fsp3) is 0.222. The SMILES string of the molecule is Cc1ccnc(Cl)c1-n1cc(C(C)C)c2cc(F)c(F)cc2c1=O. The van der Waals surface area contributed by atoms with Gasteiger partial charge in [-0.3, -0.25) is 9.36 Å². The van der Waals surface area contributed by atoms with Crippen LogP contribution in [0.5, 0.6) is 0 Å². The Kier molecular flexibility index (Phi) is 4.13. The highest BCUT2D eigenvalue weighted by atomic mass is 35.5. The lowest BCUT2D eigenvalue weighted by atomic mass is 9.98. The second kappa shape index (κ2) is 5.98. The van der Waals surface area contributed by atoms with E-state index in [2.05, 4.69) is 4.98 Å². The van der Waals surface area contributed by atoms with E-state index < -0.39 is 17.2 Å². The molecule has 6 heteroatoms. The first kappa shape index (κ1) is 16.6. The van der Waals surface area contributed by atoms with Gasteiger partial charge < -0.3 is 0 Å². The lowest BCUT2D eigenvalue weighted by molar-refractivity contribution is 0.510. The molecule has 124 valence electrons. The molecule has 0 N–H and O–H groups in total. The molecule has 2 aromatic heterocycles. The number of hydrogen-bond donors (Lipinski definition) is 0. The molecule has 0 unspecified atom stereocenters. The molecule has 1 aromatic carbocycles. The number of nitrogens with zero attached hydrogens (tertiary/aromatic N) is 2. The lowest BCUT2D eigenvalue weighted by Crippen LogP contribution is -2.21. The molecule has 0 atom stereocenters. The number of benzene rings is 1. The highest BCUT2D eigenvalue weighted by molar-refractivity contribution is 6.31. The number of fused-ring (bicyclic) bond motifs is 1. The third-order valence-electron chi connectivity index (χ3n) is 4.03. The smallest absolute Gasteiger partial charge is 0.263 e. The van der Waals surface area contributed by atoms with Crippen LogP contribution in [0.25, 0.3) is 16.5 Å². The average molecular weight is 349 g/mol. The Morgan fingerprint density at radius 3 is 2.38 bits per heavy atom. The van der Waals surface area contributed by atoms with Crippen molar-refractivity contribution in [2.45, 2.75) is 26.7 Å². The second-order valence-corrected chi connectivity index (χ2v) is 6.35. The maximum atomic E-state index is 13.7. The molecule has 3 rings (SSSR count). The van der Waals surface area contributed by atoms with Crippen molar-refractivity contribution in [1.29, 1.82) is 0 Å². The molecule has 3 aromatic rings. The van der Waals surface area contributed by atoms with E-state index in [1.54, 1.807) is 25.4 Å². The monoisotopic (exact) mass is 348 g/mol. The molecule has 0 fully saturated rings. The van der Waals surface area contributed by atoms with Crippen LogP contribution in [0, 0.1) is 18.6 Å². The number of aryl methyl sites for hydroxylation is 1. The molecule has 0 aliphatic rings.